The lowest BCUT2D eigenvalue weighted by Gasteiger charge is -2.26. The molecule has 1 N–H and O–H groups in total. The summed E-state index contributed by atoms with van der Waals surface area (Å²) in [5, 5.41) is 3.55. The minimum absolute atomic E-state index is 0.218. The van der Waals surface area contributed by atoms with Gasteiger partial charge in [-0.1, -0.05) is 37.5 Å². The van der Waals surface area contributed by atoms with Gasteiger partial charge in [0.25, 0.3) is 0 Å². The van der Waals surface area contributed by atoms with E-state index in [0.29, 0.717) is 18.2 Å². The number of nitrogens with one attached hydrogen (secondary N) is 1. The molecule has 1 aromatic rings. The molecule has 0 saturated heterocycles. The smallest absolute Gasteiger partial charge is 0.338 e. The van der Waals surface area contributed by atoms with E-state index in [9.17, 15) is 4.79 Å². The second-order valence-corrected chi connectivity index (χ2v) is 5.37. The number of rotatable bonds is 5. The predicted octanol–water partition coefficient (Wildman–Crippen LogP) is 3.15. The molecule has 0 bridgehead atoms. The summed E-state index contributed by atoms with van der Waals surface area (Å²) in [5.74, 6) is -0.238. The van der Waals surface area contributed by atoms with Crippen molar-refractivity contribution in [3.8, 4) is 0 Å². The van der Waals surface area contributed by atoms with E-state index in [0.717, 1.165) is 0 Å². The lowest BCUT2D eigenvalue weighted by Crippen LogP contribution is -2.40. The van der Waals surface area contributed by atoms with Crippen LogP contribution in [0.5, 0.6) is 0 Å². The third-order valence-electron chi connectivity index (χ3n) is 3.60. The SMILES string of the molecule is CC(COC(=O)c1ccccc1)NC1CCCCC1. The zero-order chi connectivity index (χ0) is 13.5. The van der Waals surface area contributed by atoms with Crippen molar-refractivity contribution in [2.45, 2.75) is 51.1 Å². The predicted molar refractivity (Wildman–Crippen MR) is 76.2 cm³/mol. The Morgan fingerprint density at radius 3 is 2.63 bits per heavy atom. The summed E-state index contributed by atoms with van der Waals surface area (Å²) in [7, 11) is 0. The van der Waals surface area contributed by atoms with Gasteiger partial charge in [0.05, 0.1) is 5.56 Å². The minimum Gasteiger partial charge on any atom is -0.460 e. The average Bonchev–Trinajstić information content (AvgIpc) is 2.47. The van der Waals surface area contributed by atoms with Crippen LogP contribution in [0.3, 0.4) is 0 Å². The highest BCUT2D eigenvalue weighted by Crippen LogP contribution is 2.17. The van der Waals surface area contributed by atoms with Gasteiger partial charge in [-0.2, -0.15) is 0 Å². The lowest BCUT2D eigenvalue weighted by atomic mass is 9.95. The summed E-state index contributed by atoms with van der Waals surface area (Å²) >= 11 is 0. The van der Waals surface area contributed by atoms with Crippen molar-refractivity contribution in [2.24, 2.45) is 0 Å². The van der Waals surface area contributed by atoms with Crippen LogP contribution in [0.4, 0.5) is 0 Å². The number of hydrogen-bond donors (Lipinski definition) is 1. The van der Waals surface area contributed by atoms with Crippen molar-refractivity contribution < 1.29 is 9.53 Å². The highest BCUT2D eigenvalue weighted by atomic mass is 16.5. The van der Waals surface area contributed by atoms with E-state index in [-0.39, 0.29) is 12.0 Å². The standard InChI is InChI=1S/C16H23NO2/c1-13(17-15-10-6-3-7-11-15)12-19-16(18)14-8-4-2-5-9-14/h2,4-5,8-9,13,15,17H,3,6-7,10-12H2,1H3. The van der Waals surface area contributed by atoms with Gasteiger partial charge in [-0.15, -0.1) is 0 Å². The van der Waals surface area contributed by atoms with E-state index < -0.39 is 0 Å². The van der Waals surface area contributed by atoms with Crippen LogP contribution in [-0.2, 0) is 4.74 Å². The Labute approximate surface area is 115 Å². The third-order valence-corrected chi connectivity index (χ3v) is 3.60. The van der Waals surface area contributed by atoms with Gasteiger partial charge >= 0.3 is 5.97 Å². The van der Waals surface area contributed by atoms with Crippen LogP contribution in [-0.4, -0.2) is 24.7 Å². The van der Waals surface area contributed by atoms with Gasteiger partial charge in [-0.25, -0.2) is 4.79 Å². The Hall–Kier alpha value is -1.35. The van der Waals surface area contributed by atoms with Crippen molar-refractivity contribution in [1.82, 2.24) is 5.32 Å². The maximum absolute atomic E-state index is 11.8. The topological polar surface area (TPSA) is 38.3 Å². The Bertz CT molecular complexity index is 385. The molecule has 1 aromatic carbocycles. The van der Waals surface area contributed by atoms with Gasteiger partial charge in [0.15, 0.2) is 0 Å². The molecule has 0 heterocycles. The van der Waals surface area contributed by atoms with Gasteiger partial charge in [-0.05, 0) is 31.9 Å². The van der Waals surface area contributed by atoms with Gasteiger partial charge in [0.2, 0.25) is 0 Å². The van der Waals surface area contributed by atoms with Crippen molar-refractivity contribution in [3.63, 3.8) is 0 Å². The Morgan fingerprint density at radius 2 is 1.95 bits per heavy atom. The summed E-state index contributed by atoms with van der Waals surface area (Å²) in [6, 6.07) is 9.96. The fourth-order valence-electron chi connectivity index (χ4n) is 2.58. The van der Waals surface area contributed by atoms with Crippen LogP contribution < -0.4 is 5.32 Å². The molecule has 3 nitrogen and oxygen atoms in total. The number of benzene rings is 1. The summed E-state index contributed by atoms with van der Waals surface area (Å²) in [6.07, 6.45) is 6.48. The lowest BCUT2D eigenvalue weighted by molar-refractivity contribution is 0.0464. The minimum atomic E-state index is -0.238. The zero-order valence-electron chi connectivity index (χ0n) is 11.6. The molecule has 0 aromatic heterocycles. The Morgan fingerprint density at radius 1 is 1.26 bits per heavy atom. The molecule has 104 valence electrons. The molecule has 0 radical (unpaired) electrons. The summed E-state index contributed by atoms with van der Waals surface area (Å²) in [5.41, 5.74) is 0.618. The van der Waals surface area contributed by atoms with Gasteiger partial charge < -0.3 is 10.1 Å². The molecule has 0 aliphatic heterocycles. The van der Waals surface area contributed by atoms with Crippen LogP contribution in [0, 0.1) is 0 Å². The average molecular weight is 261 g/mol. The van der Waals surface area contributed by atoms with E-state index in [4.69, 9.17) is 4.74 Å². The molecular formula is C16H23NO2. The van der Waals surface area contributed by atoms with Crippen LogP contribution in [0.25, 0.3) is 0 Å². The molecule has 1 unspecified atom stereocenters. The Kier molecular flexibility index (Phi) is 5.40. The van der Waals surface area contributed by atoms with E-state index in [1.165, 1.54) is 32.1 Å². The number of carbonyl (C=O) groups excluding carboxylic acids is 1. The number of esters is 1. The zero-order valence-corrected chi connectivity index (χ0v) is 11.6. The highest BCUT2D eigenvalue weighted by Gasteiger charge is 2.16. The largest absolute Gasteiger partial charge is 0.460 e. The van der Waals surface area contributed by atoms with Gasteiger partial charge in [-0.3, -0.25) is 0 Å². The van der Waals surface area contributed by atoms with Crippen LogP contribution in [0.15, 0.2) is 30.3 Å². The highest BCUT2D eigenvalue weighted by molar-refractivity contribution is 5.89. The first kappa shape index (κ1) is 14.1. The first-order valence-electron chi connectivity index (χ1n) is 7.24. The van der Waals surface area contributed by atoms with Crippen molar-refractivity contribution in [3.05, 3.63) is 35.9 Å². The summed E-state index contributed by atoms with van der Waals surface area (Å²) in [6.45, 7) is 2.51. The molecule has 19 heavy (non-hydrogen) atoms. The van der Waals surface area contributed by atoms with E-state index in [2.05, 4.69) is 12.2 Å². The van der Waals surface area contributed by atoms with Gasteiger partial charge in [0, 0.05) is 12.1 Å². The second kappa shape index (κ2) is 7.29. The quantitative estimate of drug-likeness (QED) is 0.827. The maximum atomic E-state index is 11.8. The first-order chi connectivity index (χ1) is 9.25. The molecule has 1 aliphatic carbocycles. The molecule has 0 spiro atoms. The van der Waals surface area contributed by atoms with Crippen LogP contribution >= 0.6 is 0 Å². The monoisotopic (exact) mass is 261 g/mol. The van der Waals surface area contributed by atoms with Crippen LogP contribution in [0.2, 0.25) is 0 Å². The second-order valence-electron chi connectivity index (χ2n) is 5.37. The third kappa shape index (κ3) is 4.67. The molecule has 1 aliphatic rings. The van der Waals surface area contributed by atoms with E-state index >= 15 is 0 Å². The van der Waals surface area contributed by atoms with E-state index in [1.54, 1.807) is 12.1 Å². The molecule has 0 amide bonds. The Balaban J connectivity index is 1.71. The van der Waals surface area contributed by atoms with Crippen molar-refractivity contribution >= 4 is 5.97 Å². The normalized spacial score (nSPS) is 17.9. The molecule has 3 heteroatoms. The summed E-state index contributed by atoms with van der Waals surface area (Å²) < 4.78 is 5.33. The molecule has 2 rings (SSSR count). The number of ether oxygens (including phenoxy) is 1. The van der Waals surface area contributed by atoms with Gasteiger partial charge in [0.1, 0.15) is 6.61 Å². The fraction of sp³-hybridized carbons (Fsp3) is 0.562. The summed E-state index contributed by atoms with van der Waals surface area (Å²) in [4.78, 5) is 11.8. The molecule has 1 fully saturated rings. The fourth-order valence-corrected chi connectivity index (χ4v) is 2.58. The van der Waals surface area contributed by atoms with Crippen molar-refractivity contribution in [1.29, 1.82) is 0 Å². The number of carbonyl (C=O) groups is 1. The van der Waals surface area contributed by atoms with E-state index in [1.807, 2.05) is 18.2 Å². The van der Waals surface area contributed by atoms with Crippen molar-refractivity contribution in [2.75, 3.05) is 6.61 Å². The number of hydrogen-bond acceptors (Lipinski definition) is 3. The molecule has 1 atom stereocenters. The first-order valence-corrected chi connectivity index (χ1v) is 7.24. The molecular weight excluding hydrogens is 238 g/mol. The maximum Gasteiger partial charge on any atom is 0.338 e. The van der Waals surface area contributed by atoms with Crippen LogP contribution in [0.1, 0.15) is 49.4 Å². The molecule has 1 saturated carbocycles.